The van der Waals surface area contributed by atoms with Crippen LogP contribution < -0.4 is 4.72 Å². The number of sulfone groups is 1. The van der Waals surface area contributed by atoms with Gasteiger partial charge in [-0.05, 0) is 49.4 Å². The number of aryl methyl sites for hydroxylation is 1. The lowest BCUT2D eigenvalue weighted by atomic mass is 10.1. The van der Waals surface area contributed by atoms with Crippen LogP contribution >= 0.6 is 11.6 Å². The van der Waals surface area contributed by atoms with Gasteiger partial charge in [-0.1, -0.05) is 53.6 Å². The molecule has 4 aromatic rings. The second-order valence-corrected chi connectivity index (χ2v) is 11.2. The van der Waals surface area contributed by atoms with Gasteiger partial charge in [0, 0.05) is 15.8 Å². The van der Waals surface area contributed by atoms with Crippen molar-refractivity contribution < 1.29 is 21.9 Å². The number of benzene rings is 4. The van der Waals surface area contributed by atoms with Crippen molar-refractivity contribution in [1.29, 1.82) is 0 Å². The zero-order valence-corrected chi connectivity index (χ0v) is 19.2. The third-order valence-electron chi connectivity index (χ3n) is 4.97. The number of hydrogen-bond acceptors (Lipinski definition) is 5. The van der Waals surface area contributed by atoms with Crippen LogP contribution in [0.2, 0.25) is 5.02 Å². The van der Waals surface area contributed by atoms with Gasteiger partial charge in [-0.2, -0.15) is 0 Å². The van der Waals surface area contributed by atoms with E-state index in [2.05, 4.69) is 4.72 Å². The summed E-state index contributed by atoms with van der Waals surface area (Å²) in [6.07, 6.45) is 0. The van der Waals surface area contributed by atoms with Crippen LogP contribution in [-0.4, -0.2) is 21.9 Å². The van der Waals surface area contributed by atoms with Gasteiger partial charge < -0.3 is 5.11 Å². The minimum atomic E-state index is -4.17. The summed E-state index contributed by atoms with van der Waals surface area (Å²) in [6.45, 7) is 1.84. The molecule has 0 aliphatic heterocycles. The Labute approximate surface area is 191 Å². The van der Waals surface area contributed by atoms with Gasteiger partial charge in [0.15, 0.2) is 0 Å². The fourth-order valence-corrected chi connectivity index (χ4v) is 5.87. The lowest BCUT2D eigenvalue weighted by Crippen LogP contribution is -2.14. The van der Waals surface area contributed by atoms with Crippen LogP contribution in [-0.2, 0) is 19.9 Å². The molecule has 4 rings (SSSR count). The lowest BCUT2D eigenvalue weighted by Gasteiger charge is -2.15. The average molecular weight is 488 g/mol. The van der Waals surface area contributed by atoms with Crippen LogP contribution in [0.4, 0.5) is 5.69 Å². The third kappa shape index (κ3) is 4.04. The molecule has 2 N–H and O–H groups in total. The van der Waals surface area contributed by atoms with Crippen molar-refractivity contribution in [2.45, 2.75) is 21.6 Å². The van der Waals surface area contributed by atoms with E-state index in [1.807, 2.05) is 6.92 Å². The highest BCUT2D eigenvalue weighted by Gasteiger charge is 2.26. The molecule has 0 saturated heterocycles. The maximum Gasteiger partial charge on any atom is 0.261 e. The molecule has 9 heteroatoms. The quantitative estimate of drug-likeness (QED) is 0.379. The summed E-state index contributed by atoms with van der Waals surface area (Å²) in [5, 5.41) is 11.7. The molecule has 0 spiro atoms. The van der Waals surface area contributed by atoms with Crippen molar-refractivity contribution in [1.82, 2.24) is 0 Å². The van der Waals surface area contributed by atoms with E-state index in [4.69, 9.17) is 11.6 Å². The number of anilines is 1. The molecule has 0 aliphatic carbocycles. The second kappa shape index (κ2) is 8.12. The van der Waals surface area contributed by atoms with E-state index in [9.17, 15) is 21.9 Å². The van der Waals surface area contributed by atoms with Gasteiger partial charge >= 0.3 is 0 Å². The number of sulfonamides is 1. The Hall–Kier alpha value is -3.07. The first-order valence-electron chi connectivity index (χ1n) is 9.44. The van der Waals surface area contributed by atoms with Crippen molar-refractivity contribution in [3.05, 3.63) is 89.4 Å². The summed E-state index contributed by atoms with van der Waals surface area (Å²) in [4.78, 5) is -0.470. The Balaban J connectivity index is 1.91. The fraction of sp³-hybridized carbons (Fsp3) is 0.0435. The number of phenolic OH excluding ortho intramolecular Hbond substituents is 1. The first kappa shape index (κ1) is 22.1. The Bertz CT molecular complexity index is 1530. The molecule has 164 valence electrons. The smallest absolute Gasteiger partial charge is 0.261 e. The van der Waals surface area contributed by atoms with E-state index in [0.29, 0.717) is 10.4 Å². The molecule has 0 aliphatic rings. The number of phenols is 1. The molecule has 32 heavy (non-hydrogen) atoms. The maximum atomic E-state index is 13.3. The van der Waals surface area contributed by atoms with E-state index in [1.54, 1.807) is 30.3 Å². The molecule has 0 atom stereocenters. The van der Waals surface area contributed by atoms with Gasteiger partial charge in [0.2, 0.25) is 9.84 Å². The first-order chi connectivity index (χ1) is 15.1. The van der Waals surface area contributed by atoms with Gasteiger partial charge in [0.05, 0.1) is 15.5 Å². The largest absolute Gasteiger partial charge is 0.506 e. The van der Waals surface area contributed by atoms with Crippen molar-refractivity contribution in [2.24, 2.45) is 0 Å². The molecular weight excluding hydrogens is 470 g/mol. The van der Waals surface area contributed by atoms with Gasteiger partial charge in [-0.3, -0.25) is 4.72 Å². The normalized spacial score (nSPS) is 12.1. The Morgan fingerprint density at radius 3 is 1.97 bits per heavy atom. The summed E-state index contributed by atoms with van der Waals surface area (Å²) in [5.41, 5.74) is 0.932. The molecule has 0 fully saturated rings. The predicted octanol–water partition coefficient (Wildman–Crippen LogP) is 5.14. The first-order valence-corrected chi connectivity index (χ1v) is 12.8. The van der Waals surface area contributed by atoms with Crippen molar-refractivity contribution >= 4 is 47.9 Å². The number of nitrogens with one attached hydrogen (secondary N) is 1. The average Bonchev–Trinajstić information content (AvgIpc) is 2.76. The molecule has 0 amide bonds. The molecule has 0 saturated carbocycles. The van der Waals surface area contributed by atoms with Gasteiger partial charge in [-0.15, -0.1) is 0 Å². The molecular formula is C23H18ClNO5S2. The highest BCUT2D eigenvalue weighted by atomic mass is 35.5. The molecule has 6 nitrogen and oxygen atoms in total. The highest BCUT2D eigenvalue weighted by molar-refractivity contribution is 7.93. The van der Waals surface area contributed by atoms with Crippen LogP contribution in [0.5, 0.6) is 5.75 Å². The second-order valence-electron chi connectivity index (χ2n) is 7.19. The van der Waals surface area contributed by atoms with Crippen molar-refractivity contribution in [2.75, 3.05) is 4.72 Å². The third-order valence-corrected chi connectivity index (χ3v) is 8.39. The standard InChI is InChI=1S/C23H18ClNO5S2/c1-15-6-10-18(11-7-15)32(29,30)25-21-14-22(23(26)20-5-3-2-4-19(20)21)31(27,28)17-12-8-16(24)9-13-17/h2-14,25-26H,1H3. The van der Waals surface area contributed by atoms with Crippen molar-refractivity contribution in [3.8, 4) is 5.75 Å². The molecule has 0 radical (unpaired) electrons. The predicted molar refractivity (Wildman–Crippen MR) is 125 cm³/mol. The molecule has 0 bridgehead atoms. The van der Waals surface area contributed by atoms with Crippen LogP contribution in [0, 0.1) is 6.92 Å². The summed E-state index contributed by atoms with van der Waals surface area (Å²) >= 11 is 5.86. The molecule has 0 unspecified atom stereocenters. The highest BCUT2D eigenvalue weighted by Crippen LogP contribution is 2.40. The molecule has 0 aromatic heterocycles. The van der Waals surface area contributed by atoms with E-state index < -0.39 is 30.5 Å². The SMILES string of the molecule is Cc1ccc(S(=O)(=O)Nc2cc(S(=O)(=O)c3ccc(Cl)cc3)c(O)c3ccccc23)cc1. The van der Waals surface area contributed by atoms with Gasteiger partial charge in [0.25, 0.3) is 10.0 Å². The van der Waals surface area contributed by atoms with Gasteiger partial charge in [-0.25, -0.2) is 16.8 Å². The van der Waals surface area contributed by atoms with Crippen LogP contribution in [0.15, 0.2) is 93.5 Å². The van der Waals surface area contributed by atoms with Crippen LogP contribution in [0.1, 0.15) is 5.56 Å². The Morgan fingerprint density at radius 2 is 1.34 bits per heavy atom. The summed E-state index contributed by atoms with van der Waals surface area (Å²) in [5.74, 6) is -0.464. The molecule has 4 aromatic carbocycles. The minimum absolute atomic E-state index is 0.0300. The van der Waals surface area contributed by atoms with Crippen LogP contribution in [0.3, 0.4) is 0 Å². The van der Waals surface area contributed by atoms with E-state index in [0.717, 1.165) is 11.6 Å². The summed E-state index contributed by atoms with van der Waals surface area (Å²) in [7, 11) is -8.18. The van der Waals surface area contributed by atoms with E-state index in [1.165, 1.54) is 42.5 Å². The van der Waals surface area contributed by atoms with Crippen molar-refractivity contribution in [3.63, 3.8) is 0 Å². The number of aromatic hydroxyl groups is 1. The summed E-state index contributed by atoms with van der Waals surface area (Å²) in [6, 6.07) is 19.3. The van der Waals surface area contributed by atoms with Crippen LogP contribution in [0.25, 0.3) is 10.8 Å². The fourth-order valence-electron chi connectivity index (χ4n) is 3.29. The number of hydrogen-bond donors (Lipinski definition) is 2. The zero-order valence-electron chi connectivity index (χ0n) is 16.8. The van der Waals surface area contributed by atoms with E-state index in [-0.39, 0.29) is 20.9 Å². The Morgan fingerprint density at radius 1 is 0.781 bits per heavy atom. The van der Waals surface area contributed by atoms with Gasteiger partial charge in [0.1, 0.15) is 10.6 Å². The molecule has 0 heterocycles. The topological polar surface area (TPSA) is 101 Å². The monoisotopic (exact) mass is 487 g/mol. The van der Waals surface area contributed by atoms with E-state index >= 15 is 0 Å². The number of halogens is 1. The number of fused-ring (bicyclic) bond motifs is 1. The number of rotatable bonds is 5. The lowest BCUT2D eigenvalue weighted by molar-refractivity contribution is 0.465. The maximum absolute atomic E-state index is 13.3. The minimum Gasteiger partial charge on any atom is -0.506 e. The summed E-state index contributed by atoms with van der Waals surface area (Å²) < 4.78 is 54.9. The Kier molecular flexibility index (Phi) is 5.62. The zero-order chi connectivity index (χ0) is 23.1.